The molecule has 1 aromatic carbocycles. The maximum atomic E-state index is 12.3. The van der Waals surface area contributed by atoms with Gasteiger partial charge in [0.2, 0.25) is 11.8 Å². The second-order valence-corrected chi connectivity index (χ2v) is 5.88. The fourth-order valence-corrected chi connectivity index (χ4v) is 2.80. The van der Waals surface area contributed by atoms with Gasteiger partial charge in [0, 0.05) is 25.4 Å². The van der Waals surface area contributed by atoms with Crippen molar-refractivity contribution < 1.29 is 9.59 Å². The summed E-state index contributed by atoms with van der Waals surface area (Å²) in [4.78, 5) is 25.7. The Bertz CT molecular complexity index is 540. The SMILES string of the molecule is CCC(=O)N1CCC(C(=O)Nc2cccc(Cl)c2Cl)CC1. The van der Waals surface area contributed by atoms with E-state index in [1.807, 2.05) is 11.8 Å². The summed E-state index contributed by atoms with van der Waals surface area (Å²) in [5, 5.41) is 3.59. The first-order valence-corrected chi connectivity index (χ1v) is 7.81. The van der Waals surface area contributed by atoms with Gasteiger partial charge in [0.25, 0.3) is 0 Å². The van der Waals surface area contributed by atoms with E-state index < -0.39 is 0 Å². The first-order chi connectivity index (χ1) is 10.0. The number of hydrogen-bond donors (Lipinski definition) is 1. The van der Waals surface area contributed by atoms with Crippen LogP contribution in [0.1, 0.15) is 26.2 Å². The van der Waals surface area contributed by atoms with Crippen LogP contribution in [-0.2, 0) is 9.59 Å². The van der Waals surface area contributed by atoms with Gasteiger partial charge in [-0.25, -0.2) is 0 Å². The smallest absolute Gasteiger partial charge is 0.227 e. The van der Waals surface area contributed by atoms with Crippen molar-refractivity contribution in [3.8, 4) is 0 Å². The van der Waals surface area contributed by atoms with Gasteiger partial charge in [0.1, 0.15) is 0 Å². The van der Waals surface area contributed by atoms with E-state index in [9.17, 15) is 9.59 Å². The fourth-order valence-electron chi connectivity index (χ4n) is 2.45. The highest BCUT2D eigenvalue weighted by Gasteiger charge is 2.27. The third kappa shape index (κ3) is 3.89. The number of amides is 2. The number of anilines is 1. The lowest BCUT2D eigenvalue weighted by Gasteiger charge is -2.31. The fraction of sp³-hybridized carbons (Fsp3) is 0.467. The molecule has 1 fully saturated rings. The average Bonchev–Trinajstić information content (AvgIpc) is 2.51. The summed E-state index contributed by atoms with van der Waals surface area (Å²) in [6.45, 7) is 3.12. The first-order valence-electron chi connectivity index (χ1n) is 7.05. The molecule has 0 aromatic heterocycles. The molecular weight excluding hydrogens is 311 g/mol. The first kappa shape index (κ1) is 16.1. The molecule has 1 heterocycles. The van der Waals surface area contributed by atoms with Gasteiger partial charge in [-0.15, -0.1) is 0 Å². The molecule has 2 amide bonds. The normalized spacial score (nSPS) is 15.9. The molecule has 0 atom stereocenters. The third-order valence-corrected chi connectivity index (χ3v) is 4.55. The predicted molar refractivity (Wildman–Crippen MR) is 84.7 cm³/mol. The number of halogens is 2. The van der Waals surface area contributed by atoms with Gasteiger partial charge in [-0.3, -0.25) is 9.59 Å². The highest BCUT2D eigenvalue weighted by Crippen LogP contribution is 2.30. The number of hydrogen-bond acceptors (Lipinski definition) is 2. The molecule has 21 heavy (non-hydrogen) atoms. The third-order valence-electron chi connectivity index (χ3n) is 3.73. The van der Waals surface area contributed by atoms with Crippen LogP contribution >= 0.6 is 23.2 Å². The van der Waals surface area contributed by atoms with Gasteiger partial charge >= 0.3 is 0 Å². The second-order valence-electron chi connectivity index (χ2n) is 5.10. The molecule has 0 spiro atoms. The average molecular weight is 329 g/mol. The van der Waals surface area contributed by atoms with Crippen LogP contribution < -0.4 is 5.32 Å². The molecule has 1 aliphatic heterocycles. The molecule has 0 aliphatic carbocycles. The van der Waals surface area contributed by atoms with Crippen LogP contribution in [0.4, 0.5) is 5.69 Å². The quantitative estimate of drug-likeness (QED) is 0.921. The lowest BCUT2D eigenvalue weighted by Crippen LogP contribution is -2.41. The Hall–Kier alpha value is -1.26. The highest BCUT2D eigenvalue weighted by atomic mass is 35.5. The van der Waals surface area contributed by atoms with E-state index in [0.717, 1.165) is 0 Å². The maximum absolute atomic E-state index is 12.3. The van der Waals surface area contributed by atoms with E-state index in [4.69, 9.17) is 23.2 Å². The van der Waals surface area contributed by atoms with E-state index in [1.54, 1.807) is 18.2 Å². The van der Waals surface area contributed by atoms with Gasteiger partial charge < -0.3 is 10.2 Å². The molecule has 0 unspecified atom stereocenters. The molecule has 1 aromatic rings. The van der Waals surface area contributed by atoms with Crippen LogP contribution in [0.25, 0.3) is 0 Å². The van der Waals surface area contributed by atoms with Gasteiger partial charge in [0.05, 0.1) is 15.7 Å². The zero-order valence-electron chi connectivity index (χ0n) is 11.9. The summed E-state index contributed by atoms with van der Waals surface area (Å²) in [6.07, 6.45) is 1.86. The maximum Gasteiger partial charge on any atom is 0.227 e. The zero-order chi connectivity index (χ0) is 15.4. The number of likely N-dealkylation sites (tertiary alicyclic amines) is 1. The Kier molecular flexibility index (Phi) is 5.48. The molecule has 0 radical (unpaired) electrons. The van der Waals surface area contributed by atoms with Crippen molar-refractivity contribution >= 4 is 40.7 Å². The van der Waals surface area contributed by atoms with Crippen LogP contribution in [0.15, 0.2) is 18.2 Å². The lowest BCUT2D eigenvalue weighted by atomic mass is 9.95. The summed E-state index contributed by atoms with van der Waals surface area (Å²) in [7, 11) is 0. The Morgan fingerprint density at radius 3 is 2.57 bits per heavy atom. The van der Waals surface area contributed by atoms with Crippen molar-refractivity contribution in [2.75, 3.05) is 18.4 Å². The second kappa shape index (κ2) is 7.14. The minimum absolute atomic E-state index is 0.0669. The van der Waals surface area contributed by atoms with Crippen molar-refractivity contribution in [2.45, 2.75) is 26.2 Å². The van der Waals surface area contributed by atoms with E-state index in [0.29, 0.717) is 48.1 Å². The molecule has 0 saturated carbocycles. The minimum atomic E-state index is -0.0963. The summed E-state index contributed by atoms with van der Waals surface area (Å²) < 4.78 is 0. The number of benzene rings is 1. The molecule has 1 saturated heterocycles. The lowest BCUT2D eigenvalue weighted by molar-refractivity contribution is -0.134. The Morgan fingerprint density at radius 2 is 1.95 bits per heavy atom. The summed E-state index contributed by atoms with van der Waals surface area (Å²) in [5.41, 5.74) is 0.529. The van der Waals surface area contributed by atoms with Crippen LogP contribution in [0.5, 0.6) is 0 Å². The molecule has 4 nitrogen and oxygen atoms in total. The number of carbonyl (C=O) groups is 2. The summed E-state index contributed by atoms with van der Waals surface area (Å²) in [6, 6.07) is 5.14. The molecule has 1 aliphatic rings. The van der Waals surface area contributed by atoms with Crippen molar-refractivity contribution in [2.24, 2.45) is 5.92 Å². The van der Waals surface area contributed by atoms with E-state index in [-0.39, 0.29) is 17.7 Å². The van der Waals surface area contributed by atoms with Crippen molar-refractivity contribution in [3.63, 3.8) is 0 Å². The Balaban J connectivity index is 1.93. The molecule has 0 bridgehead atoms. The van der Waals surface area contributed by atoms with Crippen LogP contribution in [-0.4, -0.2) is 29.8 Å². The molecule has 2 rings (SSSR count). The van der Waals surface area contributed by atoms with Gasteiger partial charge in [-0.2, -0.15) is 0 Å². The number of nitrogens with one attached hydrogen (secondary N) is 1. The largest absolute Gasteiger partial charge is 0.343 e. The summed E-state index contributed by atoms with van der Waals surface area (Å²) >= 11 is 12.0. The van der Waals surface area contributed by atoms with E-state index >= 15 is 0 Å². The van der Waals surface area contributed by atoms with Crippen LogP contribution in [0.2, 0.25) is 10.0 Å². The van der Waals surface area contributed by atoms with E-state index in [2.05, 4.69) is 5.32 Å². The molecule has 114 valence electrons. The zero-order valence-corrected chi connectivity index (χ0v) is 13.4. The topological polar surface area (TPSA) is 49.4 Å². The van der Waals surface area contributed by atoms with Crippen LogP contribution in [0.3, 0.4) is 0 Å². The monoisotopic (exact) mass is 328 g/mol. The van der Waals surface area contributed by atoms with Crippen molar-refractivity contribution in [1.29, 1.82) is 0 Å². The number of rotatable bonds is 3. The number of nitrogens with zero attached hydrogens (tertiary/aromatic N) is 1. The predicted octanol–water partition coefficient (Wildman–Crippen LogP) is 3.58. The standard InChI is InChI=1S/C15H18Cl2N2O2/c1-2-13(20)19-8-6-10(7-9-19)15(21)18-12-5-3-4-11(16)14(12)17/h3-5,10H,2,6-9H2,1H3,(H,18,21). The number of carbonyl (C=O) groups excluding carboxylic acids is 2. The Morgan fingerprint density at radius 1 is 1.29 bits per heavy atom. The van der Waals surface area contributed by atoms with Crippen molar-refractivity contribution in [1.82, 2.24) is 4.90 Å². The van der Waals surface area contributed by atoms with E-state index in [1.165, 1.54) is 0 Å². The van der Waals surface area contributed by atoms with Crippen molar-refractivity contribution in [3.05, 3.63) is 28.2 Å². The Labute approximate surface area is 134 Å². The highest BCUT2D eigenvalue weighted by molar-refractivity contribution is 6.44. The molecular formula is C15H18Cl2N2O2. The minimum Gasteiger partial charge on any atom is -0.343 e. The van der Waals surface area contributed by atoms with Gasteiger partial charge in [-0.1, -0.05) is 36.2 Å². The molecule has 1 N–H and O–H groups in total. The van der Waals surface area contributed by atoms with Crippen LogP contribution in [0, 0.1) is 5.92 Å². The number of piperidine rings is 1. The summed E-state index contributed by atoms with van der Waals surface area (Å²) in [5.74, 6) is -0.0181. The van der Waals surface area contributed by atoms with Gasteiger partial charge in [0.15, 0.2) is 0 Å². The molecule has 6 heteroatoms. The van der Waals surface area contributed by atoms with Gasteiger partial charge in [-0.05, 0) is 25.0 Å².